The van der Waals surface area contributed by atoms with E-state index in [2.05, 4.69) is 11.5 Å². The van der Waals surface area contributed by atoms with E-state index in [0.29, 0.717) is 0 Å². The molecule has 0 atom stereocenters. The van der Waals surface area contributed by atoms with Gasteiger partial charge in [0.2, 0.25) is 0 Å². The Bertz CT molecular complexity index is 91.7. The van der Waals surface area contributed by atoms with Crippen molar-refractivity contribution in [3.05, 3.63) is 0 Å². The third-order valence-corrected chi connectivity index (χ3v) is 4.11. The van der Waals surface area contributed by atoms with Gasteiger partial charge in [0, 0.05) is 17.0 Å². The Kier molecular flexibility index (Phi) is 1.94. The van der Waals surface area contributed by atoms with Gasteiger partial charge >= 0.3 is 0 Å². The average molecular weight is 131 g/mol. The van der Waals surface area contributed by atoms with Crippen LogP contribution in [-0.2, 0) is 0 Å². The fourth-order valence-electron chi connectivity index (χ4n) is 0.593. The van der Waals surface area contributed by atoms with Crippen molar-refractivity contribution in [2.24, 2.45) is 4.99 Å². The van der Waals surface area contributed by atoms with Gasteiger partial charge in [-0.15, -0.1) is 11.8 Å². The highest BCUT2D eigenvalue weighted by molar-refractivity contribution is 8.17. The number of rotatable bonds is 1. The predicted molar refractivity (Wildman–Crippen MR) is 39.2 cm³/mol. The number of thioether (sulfide) groups is 1. The van der Waals surface area contributed by atoms with Crippen LogP contribution < -0.4 is 0 Å². The predicted octanol–water partition coefficient (Wildman–Crippen LogP) is 0.306. The zero-order chi connectivity index (χ0) is 5.11. The molecule has 0 unspecified atom stereocenters. The molecule has 0 spiro atoms. The maximum Gasteiger partial charge on any atom is 0.0832 e. The summed E-state index contributed by atoms with van der Waals surface area (Å²) in [5, 5.41) is 0. The Morgan fingerprint density at radius 2 is 2.71 bits per heavy atom. The molecule has 0 saturated heterocycles. The Morgan fingerprint density at radius 1 is 1.86 bits per heavy atom. The summed E-state index contributed by atoms with van der Waals surface area (Å²) in [7, 11) is 0.103. The van der Waals surface area contributed by atoms with Crippen molar-refractivity contribution in [3.8, 4) is 0 Å². The van der Waals surface area contributed by atoms with E-state index in [-0.39, 0.29) is 9.52 Å². The Morgan fingerprint density at radius 3 is 3.00 bits per heavy atom. The summed E-state index contributed by atoms with van der Waals surface area (Å²) in [6.07, 6.45) is 0. The molecule has 1 rings (SSSR count). The first-order chi connectivity index (χ1) is 3.43. The normalized spacial score (nSPS) is 21.6. The molecule has 0 aromatic rings. The van der Waals surface area contributed by atoms with E-state index in [4.69, 9.17) is 0 Å². The minimum Gasteiger partial charge on any atom is -0.288 e. The highest BCUT2D eigenvalue weighted by Crippen LogP contribution is 2.09. The molecule has 40 valence electrons. The highest BCUT2D eigenvalue weighted by Gasteiger charge is 2.01. The van der Waals surface area contributed by atoms with Crippen LogP contribution in [0.5, 0.6) is 0 Å². The van der Waals surface area contributed by atoms with Crippen molar-refractivity contribution in [1.29, 1.82) is 0 Å². The van der Waals surface area contributed by atoms with Gasteiger partial charge in [-0.3, -0.25) is 4.99 Å². The zero-order valence-electron chi connectivity index (χ0n) is 4.48. The third-order valence-electron chi connectivity index (χ3n) is 0.951. The maximum absolute atomic E-state index is 4.30. The van der Waals surface area contributed by atoms with Crippen LogP contribution in [0.1, 0.15) is 0 Å². The summed E-state index contributed by atoms with van der Waals surface area (Å²) in [5.41, 5.74) is 0. The van der Waals surface area contributed by atoms with Crippen molar-refractivity contribution in [1.82, 2.24) is 0 Å². The Balaban J connectivity index is 2.36. The van der Waals surface area contributed by atoms with Gasteiger partial charge in [0.1, 0.15) is 0 Å². The van der Waals surface area contributed by atoms with Gasteiger partial charge in [0.25, 0.3) is 0 Å². The standard InChI is InChI=1S/C4H9NSSi/c1-7-4-5-2-3-6-4/h2-3,7H2,1H3. The van der Waals surface area contributed by atoms with E-state index < -0.39 is 0 Å². The molecule has 0 aromatic heterocycles. The first kappa shape index (κ1) is 5.38. The monoisotopic (exact) mass is 131 g/mol. The van der Waals surface area contributed by atoms with Crippen LogP contribution >= 0.6 is 11.8 Å². The number of aliphatic imine (C=N–C) groups is 1. The SMILES string of the molecule is C[SiH2]C1=NCCS1. The Hall–Kier alpha value is 0.237. The van der Waals surface area contributed by atoms with E-state index in [1.54, 1.807) is 0 Å². The molecule has 0 amide bonds. The second-order valence-corrected chi connectivity index (χ2v) is 4.54. The topological polar surface area (TPSA) is 12.4 Å². The smallest absolute Gasteiger partial charge is 0.0832 e. The molecule has 3 heteroatoms. The molecule has 7 heavy (non-hydrogen) atoms. The lowest BCUT2D eigenvalue weighted by molar-refractivity contribution is 1.18. The highest BCUT2D eigenvalue weighted by atomic mass is 32.2. The summed E-state index contributed by atoms with van der Waals surface area (Å²) in [6.45, 7) is 3.37. The maximum atomic E-state index is 4.30. The fourth-order valence-corrected chi connectivity index (χ4v) is 2.83. The van der Waals surface area contributed by atoms with Crippen molar-refractivity contribution >= 4 is 25.9 Å². The quantitative estimate of drug-likeness (QED) is 0.466. The molecule has 0 radical (unpaired) electrons. The van der Waals surface area contributed by atoms with Crippen LogP contribution in [0.15, 0.2) is 4.99 Å². The largest absolute Gasteiger partial charge is 0.288 e. The fraction of sp³-hybridized carbons (Fsp3) is 0.750. The lowest BCUT2D eigenvalue weighted by atomic mass is 10.8. The van der Waals surface area contributed by atoms with Crippen LogP contribution in [-0.4, -0.2) is 26.5 Å². The minimum absolute atomic E-state index is 0.103. The van der Waals surface area contributed by atoms with Gasteiger partial charge in [0.05, 0.1) is 9.52 Å². The Labute approximate surface area is 50.4 Å². The molecular formula is C4H9NSSi. The summed E-state index contributed by atoms with van der Waals surface area (Å²) in [6, 6.07) is 0. The molecule has 0 aliphatic carbocycles. The van der Waals surface area contributed by atoms with Gasteiger partial charge in [-0.1, -0.05) is 6.55 Å². The van der Waals surface area contributed by atoms with E-state index in [1.807, 2.05) is 11.8 Å². The van der Waals surface area contributed by atoms with Gasteiger partial charge in [-0.2, -0.15) is 0 Å². The van der Waals surface area contributed by atoms with Crippen molar-refractivity contribution in [2.75, 3.05) is 12.3 Å². The molecule has 0 aromatic carbocycles. The molecule has 1 aliphatic heterocycles. The lowest BCUT2D eigenvalue weighted by Gasteiger charge is -1.85. The molecule has 0 N–H and O–H groups in total. The second kappa shape index (κ2) is 2.52. The van der Waals surface area contributed by atoms with Crippen molar-refractivity contribution < 1.29 is 0 Å². The number of hydrogen-bond acceptors (Lipinski definition) is 2. The molecule has 0 bridgehead atoms. The zero-order valence-corrected chi connectivity index (χ0v) is 6.71. The summed E-state index contributed by atoms with van der Waals surface area (Å²) in [5.74, 6) is 1.25. The molecular weight excluding hydrogens is 122 g/mol. The third kappa shape index (κ3) is 1.31. The van der Waals surface area contributed by atoms with Crippen LogP contribution in [0.4, 0.5) is 0 Å². The number of nitrogens with zero attached hydrogens (tertiary/aromatic N) is 1. The van der Waals surface area contributed by atoms with Gasteiger partial charge in [0.15, 0.2) is 0 Å². The van der Waals surface area contributed by atoms with Gasteiger partial charge in [-0.05, 0) is 0 Å². The summed E-state index contributed by atoms with van der Waals surface area (Å²) >= 11 is 1.95. The molecule has 1 aliphatic rings. The summed E-state index contributed by atoms with van der Waals surface area (Å²) < 4.78 is 1.47. The van der Waals surface area contributed by atoms with Gasteiger partial charge in [-0.25, -0.2) is 0 Å². The van der Waals surface area contributed by atoms with Crippen LogP contribution in [0.25, 0.3) is 0 Å². The average Bonchev–Trinajstić information content (AvgIpc) is 2.14. The summed E-state index contributed by atoms with van der Waals surface area (Å²) in [4.78, 5) is 4.30. The van der Waals surface area contributed by atoms with E-state index in [0.717, 1.165) is 6.54 Å². The first-order valence-corrected chi connectivity index (χ1v) is 5.70. The first-order valence-electron chi connectivity index (χ1n) is 2.59. The molecule has 1 heterocycles. The molecule has 0 saturated carbocycles. The van der Waals surface area contributed by atoms with Crippen LogP contribution in [0, 0.1) is 0 Å². The van der Waals surface area contributed by atoms with Gasteiger partial charge < -0.3 is 0 Å². The van der Waals surface area contributed by atoms with Crippen LogP contribution in [0.3, 0.4) is 0 Å². The van der Waals surface area contributed by atoms with E-state index in [1.165, 1.54) is 10.4 Å². The van der Waals surface area contributed by atoms with E-state index >= 15 is 0 Å². The lowest BCUT2D eigenvalue weighted by Crippen LogP contribution is -1.93. The van der Waals surface area contributed by atoms with Crippen molar-refractivity contribution in [2.45, 2.75) is 6.55 Å². The molecule has 0 fully saturated rings. The minimum atomic E-state index is 0.103. The number of hydrogen-bond donors (Lipinski definition) is 0. The van der Waals surface area contributed by atoms with Crippen LogP contribution in [0.2, 0.25) is 6.55 Å². The molecule has 1 nitrogen and oxygen atoms in total. The van der Waals surface area contributed by atoms with E-state index in [9.17, 15) is 0 Å². The second-order valence-electron chi connectivity index (χ2n) is 1.48. The van der Waals surface area contributed by atoms with Crippen molar-refractivity contribution in [3.63, 3.8) is 0 Å².